The number of thiocarbonyl (C=S) groups is 1. The largest absolute Gasteiger partial charge is 0.383 e. The Kier molecular flexibility index (Phi) is 6.01. The van der Waals surface area contributed by atoms with Gasteiger partial charge < -0.3 is 20.1 Å². The van der Waals surface area contributed by atoms with Crippen LogP contribution in [0.1, 0.15) is 19.8 Å². The lowest BCUT2D eigenvalue weighted by Crippen LogP contribution is -2.44. The molecule has 1 fully saturated rings. The van der Waals surface area contributed by atoms with Crippen LogP contribution in [0.5, 0.6) is 0 Å². The van der Waals surface area contributed by atoms with Crippen molar-refractivity contribution < 1.29 is 9.47 Å². The van der Waals surface area contributed by atoms with Crippen LogP contribution in [0, 0.1) is 5.41 Å². The Morgan fingerprint density at radius 2 is 2.06 bits per heavy atom. The van der Waals surface area contributed by atoms with Crippen LogP contribution in [-0.4, -0.2) is 45.1 Å². The quantitative estimate of drug-likeness (QED) is 0.558. The van der Waals surface area contributed by atoms with Crippen molar-refractivity contribution in [2.75, 3.05) is 40.0 Å². The zero-order chi connectivity index (χ0) is 11.9. The highest BCUT2D eigenvalue weighted by atomic mass is 32.1. The van der Waals surface area contributed by atoms with E-state index in [1.807, 2.05) is 0 Å². The Hall–Kier alpha value is -0.390. The normalized spacial score (nSPS) is 19.1. The molecule has 0 aromatic carbocycles. The third kappa shape index (κ3) is 5.09. The second-order valence-corrected chi connectivity index (χ2v) is 4.93. The van der Waals surface area contributed by atoms with Gasteiger partial charge in [0.2, 0.25) is 0 Å². The van der Waals surface area contributed by atoms with Gasteiger partial charge in [-0.15, -0.1) is 0 Å². The van der Waals surface area contributed by atoms with Gasteiger partial charge in [0.25, 0.3) is 0 Å². The highest BCUT2D eigenvalue weighted by Crippen LogP contribution is 2.28. The topological polar surface area (TPSA) is 42.5 Å². The predicted molar refractivity (Wildman–Crippen MR) is 68.6 cm³/mol. The molecule has 1 aliphatic heterocycles. The predicted octanol–water partition coefficient (Wildman–Crippen LogP) is 0.914. The number of rotatable bonds is 5. The molecular weight excluding hydrogens is 224 g/mol. The molecule has 0 aliphatic carbocycles. The Bertz CT molecular complexity index is 218. The maximum Gasteiger partial charge on any atom is 0.166 e. The van der Waals surface area contributed by atoms with E-state index in [9.17, 15) is 0 Å². The van der Waals surface area contributed by atoms with Crippen molar-refractivity contribution in [3.05, 3.63) is 0 Å². The molecule has 0 bridgehead atoms. The molecule has 0 spiro atoms. The van der Waals surface area contributed by atoms with Crippen LogP contribution in [0.25, 0.3) is 0 Å². The first-order chi connectivity index (χ1) is 7.66. The molecule has 1 saturated heterocycles. The fourth-order valence-corrected chi connectivity index (χ4v) is 1.84. The molecular formula is C11H22N2O2S. The standard InChI is InChI=1S/C11H22N2O2S/c1-11(3-6-15-7-4-11)9-13-10(16)12-5-8-14-2/h3-9H2,1-2H3,(H2,12,13,16). The highest BCUT2D eigenvalue weighted by molar-refractivity contribution is 7.80. The van der Waals surface area contributed by atoms with Crippen molar-refractivity contribution in [2.24, 2.45) is 5.41 Å². The lowest BCUT2D eigenvalue weighted by molar-refractivity contribution is 0.0261. The van der Waals surface area contributed by atoms with E-state index in [1.165, 1.54) is 0 Å². The van der Waals surface area contributed by atoms with Crippen molar-refractivity contribution in [3.8, 4) is 0 Å². The average molecular weight is 246 g/mol. The van der Waals surface area contributed by atoms with E-state index >= 15 is 0 Å². The summed E-state index contributed by atoms with van der Waals surface area (Å²) in [5.74, 6) is 0. The van der Waals surface area contributed by atoms with E-state index in [-0.39, 0.29) is 0 Å². The molecule has 2 N–H and O–H groups in total. The van der Waals surface area contributed by atoms with Crippen molar-refractivity contribution in [2.45, 2.75) is 19.8 Å². The Morgan fingerprint density at radius 3 is 2.69 bits per heavy atom. The number of methoxy groups -OCH3 is 1. The summed E-state index contributed by atoms with van der Waals surface area (Å²) in [6.07, 6.45) is 2.20. The van der Waals surface area contributed by atoms with Gasteiger partial charge in [-0.2, -0.15) is 0 Å². The summed E-state index contributed by atoms with van der Waals surface area (Å²) in [5, 5.41) is 7.08. The molecule has 0 amide bonds. The Labute approximate surface area is 103 Å². The first-order valence-corrected chi connectivity index (χ1v) is 6.15. The summed E-state index contributed by atoms with van der Waals surface area (Å²) in [7, 11) is 1.68. The highest BCUT2D eigenvalue weighted by Gasteiger charge is 2.27. The monoisotopic (exact) mass is 246 g/mol. The van der Waals surface area contributed by atoms with Gasteiger partial charge in [-0.1, -0.05) is 6.92 Å². The zero-order valence-corrected chi connectivity index (χ0v) is 11.0. The van der Waals surface area contributed by atoms with Crippen LogP contribution >= 0.6 is 12.2 Å². The van der Waals surface area contributed by atoms with Gasteiger partial charge >= 0.3 is 0 Å². The first-order valence-electron chi connectivity index (χ1n) is 5.75. The fourth-order valence-electron chi connectivity index (χ4n) is 1.66. The second kappa shape index (κ2) is 7.04. The van der Waals surface area contributed by atoms with E-state index in [1.54, 1.807) is 7.11 Å². The third-order valence-electron chi connectivity index (χ3n) is 2.97. The molecule has 94 valence electrons. The summed E-state index contributed by atoms with van der Waals surface area (Å²) in [6.45, 7) is 6.34. The van der Waals surface area contributed by atoms with Crippen molar-refractivity contribution in [3.63, 3.8) is 0 Å². The van der Waals surface area contributed by atoms with Crippen LogP contribution in [0.2, 0.25) is 0 Å². The van der Waals surface area contributed by atoms with Gasteiger partial charge in [-0.05, 0) is 30.5 Å². The second-order valence-electron chi connectivity index (χ2n) is 4.53. The van der Waals surface area contributed by atoms with Crippen LogP contribution in [0.3, 0.4) is 0 Å². The number of nitrogens with one attached hydrogen (secondary N) is 2. The SMILES string of the molecule is COCCNC(=S)NCC1(C)CCOCC1. The van der Waals surface area contributed by atoms with E-state index in [0.29, 0.717) is 17.1 Å². The summed E-state index contributed by atoms with van der Waals surface area (Å²) in [4.78, 5) is 0. The zero-order valence-electron chi connectivity index (χ0n) is 10.2. The van der Waals surface area contributed by atoms with Gasteiger partial charge in [0.15, 0.2) is 5.11 Å². The molecule has 5 heteroatoms. The maximum absolute atomic E-state index is 5.36. The van der Waals surface area contributed by atoms with E-state index in [2.05, 4.69) is 17.6 Å². The molecule has 0 aromatic heterocycles. The minimum atomic E-state index is 0.311. The van der Waals surface area contributed by atoms with Crippen molar-refractivity contribution in [1.82, 2.24) is 10.6 Å². The smallest absolute Gasteiger partial charge is 0.166 e. The van der Waals surface area contributed by atoms with Crippen LogP contribution in [0.15, 0.2) is 0 Å². The third-order valence-corrected chi connectivity index (χ3v) is 3.26. The summed E-state index contributed by atoms with van der Waals surface area (Å²) < 4.78 is 10.3. The van der Waals surface area contributed by atoms with Gasteiger partial charge in [-0.25, -0.2) is 0 Å². The lowest BCUT2D eigenvalue weighted by atomic mass is 9.82. The molecule has 1 heterocycles. The summed E-state index contributed by atoms with van der Waals surface area (Å²) in [6, 6.07) is 0. The molecule has 1 rings (SSSR count). The first kappa shape index (κ1) is 13.7. The van der Waals surface area contributed by atoms with Gasteiger partial charge in [0.1, 0.15) is 0 Å². The van der Waals surface area contributed by atoms with E-state index < -0.39 is 0 Å². The van der Waals surface area contributed by atoms with Crippen molar-refractivity contribution in [1.29, 1.82) is 0 Å². The molecule has 4 nitrogen and oxygen atoms in total. The van der Waals surface area contributed by atoms with Gasteiger partial charge in [0, 0.05) is 33.4 Å². The van der Waals surface area contributed by atoms with Crippen molar-refractivity contribution >= 4 is 17.3 Å². The molecule has 0 saturated carbocycles. The van der Waals surface area contributed by atoms with Gasteiger partial charge in [-0.3, -0.25) is 0 Å². The van der Waals surface area contributed by atoms with E-state index in [4.69, 9.17) is 21.7 Å². The minimum Gasteiger partial charge on any atom is -0.383 e. The van der Waals surface area contributed by atoms with Crippen LogP contribution in [0.4, 0.5) is 0 Å². The summed E-state index contributed by atoms with van der Waals surface area (Å²) in [5.41, 5.74) is 0.311. The Balaban J connectivity index is 2.14. The number of ether oxygens (including phenoxy) is 2. The molecule has 1 aliphatic rings. The molecule has 16 heavy (non-hydrogen) atoms. The van der Waals surface area contributed by atoms with E-state index in [0.717, 1.165) is 39.1 Å². The number of hydrogen-bond acceptors (Lipinski definition) is 3. The summed E-state index contributed by atoms with van der Waals surface area (Å²) >= 11 is 5.18. The molecule has 0 radical (unpaired) electrons. The molecule has 0 atom stereocenters. The molecule has 0 aromatic rings. The maximum atomic E-state index is 5.36. The fraction of sp³-hybridized carbons (Fsp3) is 0.909. The average Bonchev–Trinajstić information content (AvgIpc) is 2.28. The lowest BCUT2D eigenvalue weighted by Gasteiger charge is -2.33. The van der Waals surface area contributed by atoms with Crippen LogP contribution < -0.4 is 10.6 Å². The van der Waals surface area contributed by atoms with Gasteiger partial charge in [0.05, 0.1) is 6.61 Å². The van der Waals surface area contributed by atoms with Crippen LogP contribution in [-0.2, 0) is 9.47 Å². The minimum absolute atomic E-state index is 0.311. The Morgan fingerprint density at radius 1 is 1.38 bits per heavy atom. The molecule has 0 unspecified atom stereocenters. The number of hydrogen-bond donors (Lipinski definition) is 2.